The largest absolute Gasteiger partial charge is 0.384 e. The minimum absolute atomic E-state index is 0.0449. The van der Waals surface area contributed by atoms with Crippen LogP contribution >= 0.6 is 0 Å². The molecule has 0 fully saturated rings. The number of carbonyl (C=O) groups is 1. The van der Waals surface area contributed by atoms with E-state index in [-0.39, 0.29) is 5.91 Å². The molecule has 0 radical (unpaired) electrons. The summed E-state index contributed by atoms with van der Waals surface area (Å²) in [6.07, 6.45) is 2.74. The van der Waals surface area contributed by atoms with Crippen LogP contribution in [-0.4, -0.2) is 38.7 Å². The van der Waals surface area contributed by atoms with E-state index in [4.69, 9.17) is 0 Å². The number of amides is 1. The Morgan fingerprint density at radius 1 is 1.33 bits per heavy atom. The molecular formula is C15H19N5O. The molecule has 2 heterocycles. The van der Waals surface area contributed by atoms with E-state index in [9.17, 15) is 4.79 Å². The van der Waals surface area contributed by atoms with Gasteiger partial charge >= 0.3 is 0 Å². The summed E-state index contributed by atoms with van der Waals surface area (Å²) in [4.78, 5) is 14.6. The van der Waals surface area contributed by atoms with Crippen molar-refractivity contribution in [2.45, 2.75) is 26.4 Å². The highest BCUT2D eigenvalue weighted by atomic mass is 16.2. The molecule has 0 atom stereocenters. The third kappa shape index (κ3) is 2.74. The summed E-state index contributed by atoms with van der Waals surface area (Å²) in [6.45, 7) is 4.92. The maximum absolute atomic E-state index is 12.7. The standard InChI is InChI=1S/C15H19N5O/c1-2-7-16-13-6-4-3-5-12(13)15(21)19-8-9-20-11-17-18-14(20)10-19/h3-6,11,16H,2,7-10H2,1H3. The molecule has 6 nitrogen and oxygen atoms in total. The van der Waals surface area contributed by atoms with Gasteiger partial charge in [0.05, 0.1) is 12.1 Å². The maximum atomic E-state index is 12.7. The van der Waals surface area contributed by atoms with Crippen molar-refractivity contribution in [2.75, 3.05) is 18.4 Å². The van der Waals surface area contributed by atoms with E-state index >= 15 is 0 Å². The lowest BCUT2D eigenvalue weighted by molar-refractivity contribution is 0.0708. The normalized spacial score (nSPS) is 13.9. The minimum atomic E-state index is 0.0449. The van der Waals surface area contributed by atoms with Gasteiger partial charge in [-0.15, -0.1) is 10.2 Å². The predicted molar refractivity (Wildman–Crippen MR) is 80.0 cm³/mol. The van der Waals surface area contributed by atoms with Gasteiger partial charge in [0.2, 0.25) is 0 Å². The molecule has 0 saturated carbocycles. The fraction of sp³-hybridized carbons (Fsp3) is 0.400. The van der Waals surface area contributed by atoms with Crippen molar-refractivity contribution in [1.82, 2.24) is 19.7 Å². The molecule has 0 unspecified atom stereocenters. The van der Waals surface area contributed by atoms with Gasteiger partial charge in [0.15, 0.2) is 5.82 Å². The van der Waals surface area contributed by atoms with E-state index in [1.807, 2.05) is 33.7 Å². The monoisotopic (exact) mass is 285 g/mol. The molecule has 3 rings (SSSR count). The predicted octanol–water partition coefficient (Wildman–Crippen LogP) is 1.76. The molecule has 1 aliphatic rings. The molecule has 1 N–H and O–H groups in total. The highest BCUT2D eigenvalue weighted by molar-refractivity contribution is 5.99. The van der Waals surface area contributed by atoms with Crippen molar-refractivity contribution in [3.63, 3.8) is 0 Å². The van der Waals surface area contributed by atoms with Crippen LogP contribution in [0.5, 0.6) is 0 Å². The van der Waals surface area contributed by atoms with Crippen LogP contribution in [-0.2, 0) is 13.1 Å². The van der Waals surface area contributed by atoms with Gasteiger partial charge < -0.3 is 14.8 Å². The summed E-state index contributed by atoms with van der Waals surface area (Å²) in [5.74, 6) is 0.886. The highest BCUT2D eigenvalue weighted by Gasteiger charge is 2.24. The van der Waals surface area contributed by atoms with E-state index in [0.29, 0.717) is 13.1 Å². The first-order chi connectivity index (χ1) is 10.3. The van der Waals surface area contributed by atoms with E-state index in [0.717, 1.165) is 36.6 Å². The summed E-state index contributed by atoms with van der Waals surface area (Å²) in [5, 5.41) is 11.3. The van der Waals surface area contributed by atoms with Crippen molar-refractivity contribution in [1.29, 1.82) is 0 Å². The van der Waals surface area contributed by atoms with Gasteiger partial charge in [-0.05, 0) is 18.6 Å². The lowest BCUT2D eigenvalue weighted by Gasteiger charge is -2.27. The zero-order valence-electron chi connectivity index (χ0n) is 12.1. The first-order valence-corrected chi connectivity index (χ1v) is 7.28. The molecule has 2 aromatic rings. The van der Waals surface area contributed by atoms with Gasteiger partial charge in [-0.2, -0.15) is 0 Å². The molecule has 0 bridgehead atoms. The molecule has 1 aromatic carbocycles. The van der Waals surface area contributed by atoms with Gasteiger partial charge in [-0.1, -0.05) is 19.1 Å². The van der Waals surface area contributed by atoms with Crippen LogP contribution in [0.2, 0.25) is 0 Å². The Hall–Kier alpha value is -2.37. The second-order valence-electron chi connectivity index (χ2n) is 5.14. The number of rotatable bonds is 4. The lowest BCUT2D eigenvalue weighted by atomic mass is 10.1. The Bertz CT molecular complexity index is 636. The maximum Gasteiger partial charge on any atom is 0.256 e. The Morgan fingerprint density at radius 3 is 3.05 bits per heavy atom. The van der Waals surface area contributed by atoms with Crippen LogP contribution in [0.25, 0.3) is 0 Å². The van der Waals surface area contributed by atoms with Crippen molar-refractivity contribution in [2.24, 2.45) is 0 Å². The average molecular weight is 285 g/mol. The molecule has 0 spiro atoms. The topological polar surface area (TPSA) is 63.1 Å². The van der Waals surface area contributed by atoms with Crippen molar-refractivity contribution >= 4 is 11.6 Å². The van der Waals surface area contributed by atoms with Crippen LogP contribution < -0.4 is 5.32 Å². The Balaban J connectivity index is 1.80. The molecule has 0 saturated heterocycles. The zero-order valence-corrected chi connectivity index (χ0v) is 12.1. The number of hydrogen-bond acceptors (Lipinski definition) is 4. The second kappa shape index (κ2) is 5.95. The number of nitrogens with zero attached hydrogens (tertiary/aromatic N) is 4. The highest BCUT2D eigenvalue weighted by Crippen LogP contribution is 2.20. The summed E-state index contributed by atoms with van der Waals surface area (Å²) in [7, 11) is 0. The number of aromatic nitrogens is 3. The van der Waals surface area contributed by atoms with Gasteiger partial charge in [0, 0.05) is 25.3 Å². The SMILES string of the molecule is CCCNc1ccccc1C(=O)N1CCn2cnnc2C1. The smallest absolute Gasteiger partial charge is 0.256 e. The molecule has 110 valence electrons. The van der Waals surface area contributed by atoms with E-state index in [1.165, 1.54) is 0 Å². The quantitative estimate of drug-likeness (QED) is 0.929. The molecule has 0 aliphatic carbocycles. The first-order valence-electron chi connectivity index (χ1n) is 7.28. The van der Waals surface area contributed by atoms with Crippen molar-refractivity contribution in [3.05, 3.63) is 42.0 Å². The van der Waals surface area contributed by atoms with Gasteiger partial charge in [-0.3, -0.25) is 4.79 Å². The first kappa shape index (κ1) is 13.6. The van der Waals surface area contributed by atoms with Crippen LogP contribution in [0.15, 0.2) is 30.6 Å². The van der Waals surface area contributed by atoms with Crippen LogP contribution in [0.3, 0.4) is 0 Å². The number of carbonyl (C=O) groups excluding carboxylic acids is 1. The second-order valence-corrected chi connectivity index (χ2v) is 5.14. The Morgan fingerprint density at radius 2 is 2.19 bits per heavy atom. The van der Waals surface area contributed by atoms with Crippen molar-refractivity contribution in [3.8, 4) is 0 Å². The van der Waals surface area contributed by atoms with Crippen LogP contribution in [0.4, 0.5) is 5.69 Å². The molecule has 6 heteroatoms. The number of para-hydroxylation sites is 1. The van der Waals surface area contributed by atoms with E-state index in [2.05, 4.69) is 22.4 Å². The van der Waals surface area contributed by atoms with Crippen LogP contribution in [0.1, 0.15) is 29.5 Å². The number of nitrogens with one attached hydrogen (secondary N) is 1. The Labute approximate surface area is 123 Å². The third-order valence-corrected chi connectivity index (χ3v) is 3.65. The molecule has 1 amide bonds. The number of anilines is 1. The molecule has 1 aliphatic heterocycles. The average Bonchev–Trinajstić information content (AvgIpc) is 3.00. The fourth-order valence-corrected chi connectivity index (χ4v) is 2.49. The minimum Gasteiger partial charge on any atom is -0.384 e. The third-order valence-electron chi connectivity index (χ3n) is 3.65. The number of fused-ring (bicyclic) bond motifs is 1. The number of benzene rings is 1. The lowest BCUT2D eigenvalue weighted by Crippen LogP contribution is -2.38. The molecule has 1 aromatic heterocycles. The molecular weight excluding hydrogens is 266 g/mol. The number of hydrogen-bond donors (Lipinski definition) is 1. The van der Waals surface area contributed by atoms with E-state index < -0.39 is 0 Å². The molecule has 21 heavy (non-hydrogen) atoms. The van der Waals surface area contributed by atoms with Gasteiger partial charge in [0.1, 0.15) is 6.33 Å². The van der Waals surface area contributed by atoms with Gasteiger partial charge in [0.25, 0.3) is 5.91 Å². The van der Waals surface area contributed by atoms with Gasteiger partial charge in [-0.25, -0.2) is 0 Å². The summed E-state index contributed by atoms with van der Waals surface area (Å²) >= 11 is 0. The van der Waals surface area contributed by atoms with Crippen LogP contribution in [0, 0.1) is 0 Å². The van der Waals surface area contributed by atoms with Crippen molar-refractivity contribution < 1.29 is 4.79 Å². The summed E-state index contributed by atoms with van der Waals surface area (Å²) in [6, 6.07) is 7.67. The van der Waals surface area contributed by atoms with E-state index in [1.54, 1.807) is 6.33 Å². The summed E-state index contributed by atoms with van der Waals surface area (Å²) in [5.41, 5.74) is 1.62. The fourth-order valence-electron chi connectivity index (χ4n) is 2.49. The zero-order chi connectivity index (χ0) is 14.7. The Kier molecular flexibility index (Phi) is 3.85. The summed E-state index contributed by atoms with van der Waals surface area (Å²) < 4.78 is 1.99.